The first-order chi connectivity index (χ1) is 15.7. The van der Waals surface area contributed by atoms with Crippen molar-refractivity contribution in [2.24, 2.45) is 0 Å². The van der Waals surface area contributed by atoms with Crippen LogP contribution in [0.25, 0.3) is 6.08 Å². The lowest BCUT2D eigenvalue weighted by Crippen LogP contribution is -2.36. The molecule has 1 aliphatic rings. The van der Waals surface area contributed by atoms with Gasteiger partial charge in [-0.25, -0.2) is 0 Å². The molecule has 0 radical (unpaired) electrons. The molecule has 2 aromatic carbocycles. The average Bonchev–Trinajstić information content (AvgIpc) is 3.02. The van der Waals surface area contributed by atoms with E-state index in [0.29, 0.717) is 22.7 Å². The smallest absolute Gasteiger partial charge is 0.294 e. The van der Waals surface area contributed by atoms with E-state index in [0.717, 1.165) is 33.4 Å². The van der Waals surface area contributed by atoms with Crippen molar-refractivity contribution in [1.29, 1.82) is 5.26 Å². The molecule has 0 bridgehead atoms. The fraction of sp³-hybridized carbons (Fsp3) is 0.250. The number of nitrogens with one attached hydrogen (secondary N) is 1. The van der Waals surface area contributed by atoms with Crippen LogP contribution < -0.4 is 14.8 Å². The number of thioether (sulfide) groups is 1. The van der Waals surface area contributed by atoms with Gasteiger partial charge in [0.25, 0.3) is 11.1 Å². The largest absolute Gasteiger partial charge is 0.493 e. The molecule has 8 nitrogen and oxygen atoms in total. The zero-order valence-electron chi connectivity index (χ0n) is 18.7. The Morgan fingerprint density at radius 2 is 1.85 bits per heavy atom. The zero-order valence-corrected chi connectivity index (χ0v) is 19.5. The Morgan fingerprint density at radius 3 is 2.48 bits per heavy atom. The van der Waals surface area contributed by atoms with Crippen LogP contribution in [0.3, 0.4) is 0 Å². The number of carbonyl (C=O) groups excluding carboxylic acids is 3. The van der Waals surface area contributed by atoms with Gasteiger partial charge in [-0.3, -0.25) is 19.3 Å². The van der Waals surface area contributed by atoms with E-state index < -0.39 is 17.1 Å². The number of carbonyl (C=O) groups is 3. The molecule has 170 valence electrons. The van der Waals surface area contributed by atoms with Gasteiger partial charge < -0.3 is 14.8 Å². The molecule has 1 saturated heterocycles. The summed E-state index contributed by atoms with van der Waals surface area (Å²) in [6.45, 7) is 5.25. The quantitative estimate of drug-likeness (QED) is 0.611. The van der Waals surface area contributed by atoms with Crippen LogP contribution in [-0.2, 0) is 9.59 Å². The number of methoxy groups -OCH3 is 1. The highest BCUT2D eigenvalue weighted by atomic mass is 32.2. The Balaban J connectivity index is 1.74. The number of amides is 3. The summed E-state index contributed by atoms with van der Waals surface area (Å²) >= 11 is 0.768. The van der Waals surface area contributed by atoms with Crippen molar-refractivity contribution in [2.75, 3.05) is 25.6 Å². The summed E-state index contributed by atoms with van der Waals surface area (Å²) < 4.78 is 10.6. The van der Waals surface area contributed by atoms with E-state index in [-0.39, 0.29) is 18.1 Å². The topological polar surface area (TPSA) is 109 Å². The van der Waals surface area contributed by atoms with Crippen LogP contribution in [0.1, 0.15) is 22.3 Å². The first-order valence-corrected chi connectivity index (χ1v) is 10.9. The number of hydrogen-bond donors (Lipinski definition) is 1. The SMILES string of the molecule is COc1cc(/C=C2\SC(=O)N(CC(=O)Nc3c(C)cc(C)cc3C)C2=O)ccc1OCC#N. The van der Waals surface area contributed by atoms with Gasteiger partial charge in [-0.2, -0.15) is 5.26 Å². The standard InChI is InChI=1S/C24H23N3O5S/c1-14-9-15(2)22(16(3)10-14)26-21(28)13-27-23(29)20(33-24(27)30)12-17-5-6-18(32-8-7-25)19(11-17)31-4/h5-6,9-12H,8,13H2,1-4H3,(H,26,28)/b20-12-. The molecule has 0 atom stereocenters. The minimum Gasteiger partial charge on any atom is -0.493 e. The Bertz CT molecular complexity index is 1180. The molecule has 0 saturated carbocycles. The molecule has 3 rings (SSSR count). The van der Waals surface area contributed by atoms with E-state index in [4.69, 9.17) is 14.7 Å². The Morgan fingerprint density at radius 1 is 1.15 bits per heavy atom. The van der Waals surface area contributed by atoms with Crippen LogP contribution in [0, 0.1) is 32.1 Å². The molecule has 9 heteroatoms. The number of anilines is 1. The summed E-state index contributed by atoms with van der Waals surface area (Å²) in [5, 5.41) is 11.0. The van der Waals surface area contributed by atoms with Gasteiger partial charge in [-0.1, -0.05) is 23.8 Å². The van der Waals surface area contributed by atoms with Crippen molar-refractivity contribution in [3.8, 4) is 17.6 Å². The third-order valence-electron chi connectivity index (χ3n) is 4.89. The molecular formula is C24H23N3O5S. The number of rotatable bonds is 7. The second-order valence-corrected chi connectivity index (χ2v) is 8.44. The minimum absolute atomic E-state index is 0.127. The molecule has 2 aromatic rings. The number of imide groups is 1. The highest BCUT2D eigenvalue weighted by molar-refractivity contribution is 8.18. The predicted molar refractivity (Wildman–Crippen MR) is 126 cm³/mol. The van der Waals surface area contributed by atoms with Gasteiger partial charge >= 0.3 is 0 Å². The van der Waals surface area contributed by atoms with Crippen LogP contribution in [0.2, 0.25) is 0 Å². The van der Waals surface area contributed by atoms with Crippen LogP contribution in [0.5, 0.6) is 11.5 Å². The fourth-order valence-electron chi connectivity index (χ4n) is 3.49. The van der Waals surface area contributed by atoms with Gasteiger partial charge in [0.2, 0.25) is 5.91 Å². The maximum atomic E-state index is 12.8. The number of benzene rings is 2. The summed E-state index contributed by atoms with van der Waals surface area (Å²) in [5.41, 5.74) is 4.19. The van der Waals surface area contributed by atoms with E-state index in [1.54, 1.807) is 24.3 Å². The van der Waals surface area contributed by atoms with Crippen molar-refractivity contribution < 1.29 is 23.9 Å². The van der Waals surface area contributed by atoms with E-state index in [9.17, 15) is 14.4 Å². The van der Waals surface area contributed by atoms with Crippen molar-refractivity contribution in [3.63, 3.8) is 0 Å². The zero-order chi connectivity index (χ0) is 24.1. The monoisotopic (exact) mass is 465 g/mol. The van der Waals surface area contributed by atoms with Gasteiger partial charge in [-0.05, 0) is 67.4 Å². The lowest BCUT2D eigenvalue weighted by Gasteiger charge is -2.16. The summed E-state index contributed by atoms with van der Waals surface area (Å²) in [7, 11) is 1.46. The second-order valence-electron chi connectivity index (χ2n) is 7.45. The normalized spacial score (nSPS) is 14.4. The third kappa shape index (κ3) is 5.54. The molecule has 3 amide bonds. The summed E-state index contributed by atoms with van der Waals surface area (Å²) in [6.07, 6.45) is 1.55. The molecule has 0 aliphatic carbocycles. The number of ether oxygens (including phenoxy) is 2. The molecular weight excluding hydrogens is 442 g/mol. The van der Waals surface area contributed by atoms with E-state index >= 15 is 0 Å². The van der Waals surface area contributed by atoms with Crippen molar-refractivity contribution in [2.45, 2.75) is 20.8 Å². The van der Waals surface area contributed by atoms with Gasteiger partial charge in [0.15, 0.2) is 18.1 Å². The molecule has 0 aromatic heterocycles. The first kappa shape index (κ1) is 23.9. The molecule has 33 heavy (non-hydrogen) atoms. The van der Waals surface area contributed by atoms with Gasteiger partial charge in [-0.15, -0.1) is 0 Å². The maximum Gasteiger partial charge on any atom is 0.294 e. The number of aryl methyl sites for hydroxylation is 3. The van der Waals surface area contributed by atoms with Gasteiger partial charge in [0, 0.05) is 5.69 Å². The number of nitrogens with zero attached hydrogens (tertiary/aromatic N) is 2. The average molecular weight is 466 g/mol. The molecule has 1 fully saturated rings. The highest BCUT2D eigenvalue weighted by Gasteiger charge is 2.36. The number of nitriles is 1. The van der Waals surface area contributed by atoms with E-state index in [1.165, 1.54) is 7.11 Å². The van der Waals surface area contributed by atoms with Crippen LogP contribution in [0.4, 0.5) is 10.5 Å². The minimum atomic E-state index is -0.540. The lowest BCUT2D eigenvalue weighted by atomic mass is 10.1. The highest BCUT2D eigenvalue weighted by Crippen LogP contribution is 2.34. The fourth-order valence-corrected chi connectivity index (χ4v) is 4.33. The molecule has 1 N–H and O–H groups in total. The van der Waals surface area contributed by atoms with Crippen LogP contribution in [-0.4, -0.2) is 42.2 Å². The Kier molecular flexibility index (Phi) is 7.41. The van der Waals surface area contributed by atoms with Crippen molar-refractivity contribution in [1.82, 2.24) is 4.90 Å². The molecule has 1 aliphatic heterocycles. The molecule has 0 spiro atoms. The number of hydrogen-bond acceptors (Lipinski definition) is 7. The first-order valence-electron chi connectivity index (χ1n) is 10.0. The van der Waals surface area contributed by atoms with Crippen molar-refractivity contribution in [3.05, 3.63) is 57.5 Å². The summed E-state index contributed by atoms with van der Waals surface area (Å²) in [4.78, 5) is 38.9. The lowest BCUT2D eigenvalue weighted by molar-refractivity contribution is -0.127. The van der Waals surface area contributed by atoms with Crippen LogP contribution >= 0.6 is 11.8 Å². The van der Waals surface area contributed by atoms with E-state index in [2.05, 4.69) is 5.32 Å². The van der Waals surface area contributed by atoms with E-state index in [1.807, 2.05) is 39.0 Å². The molecule has 0 unspecified atom stereocenters. The van der Waals surface area contributed by atoms with Crippen LogP contribution in [0.15, 0.2) is 35.2 Å². The van der Waals surface area contributed by atoms with Gasteiger partial charge in [0.05, 0.1) is 12.0 Å². The second kappa shape index (κ2) is 10.2. The van der Waals surface area contributed by atoms with Gasteiger partial charge in [0.1, 0.15) is 12.6 Å². The Labute approximate surface area is 196 Å². The predicted octanol–water partition coefficient (Wildman–Crippen LogP) is 4.20. The van der Waals surface area contributed by atoms with Crippen molar-refractivity contribution >= 4 is 40.6 Å². The summed E-state index contributed by atoms with van der Waals surface area (Å²) in [6, 6.07) is 10.7. The third-order valence-corrected chi connectivity index (χ3v) is 5.80. The Hall–Kier alpha value is -3.77. The maximum absolute atomic E-state index is 12.8. The molecule has 1 heterocycles. The summed E-state index contributed by atoms with van der Waals surface area (Å²) in [5.74, 6) is -0.209.